The molecule has 0 aromatic heterocycles. The van der Waals surface area contributed by atoms with E-state index in [9.17, 15) is 9.59 Å². The summed E-state index contributed by atoms with van der Waals surface area (Å²) in [5.74, 6) is -1.81. The third kappa shape index (κ3) is 5.32. The number of hydrogen-bond donors (Lipinski definition) is 2. The number of rotatable bonds is 2. The summed E-state index contributed by atoms with van der Waals surface area (Å²) in [5, 5.41) is 0. The summed E-state index contributed by atoms with van der Waals surface area (Å²) in [6.07, 6.45) is 0. The van der Waals surface area contributed by atoms with Crippen molar-refractivity contribution in [2.75, 3.05) is 5.75 Å². The molecule has 0 aliphatic carbocycles. The molecule has 0 unspecified atom stereocenters. The Kier molecular flexibility index (Phi) is 5.67. The predicted octanol–water partition coefficient (Wildman–Crippen LogP) is -0.476. The van der Waals surface area contributed by atoms with E-state index < -0.39 is 11.9 Å². The third-order valence-corrected chi connectivity index (χ3v) is 1.17. The van der Waals surface area contributed by atoms with Gasteiger partial charge in [-0.05, 0) is 0 Å². The topological polar surface area (TPSA) is 52.6 Å². The molecule has 0 aromatic carbocycles. The van der Waals surface area contributed by atoms with E-state index in [1.807, 2.05) is 0 Å². The van der Waals surface area contributed by atoms with Crippen molar-refractivity contribution in [3.05, 3.63) is 0 Å². The van der Waals surface area contributed by atoms with E-state index in [0.29, 0.717) is 0 Å². The Morgan fingerprint density at radius 3 is 2.27 bits per heavy atom. The van der Waals surface area contributed by atoms with Gasteiger partial charge in [-0.3, -0.25) is 0 Å². The van der Waals surface area contributed by atoms with Crippen molar-refractivity contribution in [2.24, 2.45) is 0 Å². The van der Waals surface area contributed by atoms with Gasteiger partial charge in [-0.1, -0.05) is 0 Å². The number of carbonyl (C=O) groups is 2. The molecular weight excluding hydrogens is 232 g/mol. The van der Waals surface area contributed by atoms with Crippen LogP contribution in [-0.4, -0.2) is 21.4 Å². The van der Waals surface area contributed by atoms with Crippen LogP contribution in [0.1, 0.15) is 0 Å². The Hall–Kier alpha value is 0.0295. The second-order valence-electron chi connectivity index (χ2n) is 1.26. The summed E-state index contributed by atoms with van der Waals surface area (Å²) in [6, 6.07) is 0. The van der Waals surface area contributed by atoms with Crippen LogP contribution in [0, 0.1) is 0 Å². The van der Waals surface area contributed by atoms with E-state index in [1.165, 1.54) is 0 Å². The van der Waals surface area contributed by atoms with Crippen LogP contribution >= 0.6 is 25.3 Å². The quantitative estimate of drug-likeness (QED) is 0.294. The molecular formula is C4H4FeO4S2. The van der Waals surface area contributed by atoms with Crippen LogP contribution in [0.15, 0.2) is 0 Å². The van der Waals surface area contributed by atoms with Gasteiger partial charge in [0.05, 0.1) is 0 Å². The first-order valence-corrected chi connectivity index (χ1v) is 3.94. The van der Waals surface area contributed by atoms with Crippen molar-refractivity contribution in [3.8, 4) is 0 Å². The fraction of sp³-hybridized carbons (Fsp3) is 0.250. The first-order valence-electron chi connectivity index (χ1n) is 2.30. The minimum absolute atomic E-state index is 0.142. The van der Waals surface area contributed by atoms with Crippen LogP contribution in [0.4, 0.5) is 0 Å². The fourth-order valence-electron chi connectivity index (χ4n) is 0.144. The Morgan fingerprint density at radius 1 is 1.36 bits per heavy atom. The molecule has 0 heterocycles. The first-order chi connectivity index (χ1) is 5.07. The number of thiol groups is 2. The first kappa shape index (κ1) is 11.0. The predicted molar refractivity (Wildman–Crippen MR) is 40.0 cm³/mol. The van der Waals surface area contributed by atoms with Crippen molar-refractivity contribution in [1.29, 1.82) is 0 Å². The molecule has 0 N–H and O–H groups in total. The average molecular weight is 236 g/mol. The van der Waals surface area contributed by atoms with Crippen molar-refractivity contribution in [2.45, 2.75) is 0 Å². The van der Waals surface area contributed by atoms with Gasteiger partial charge >= 0.3 is 81.6 Å². The summed E-state index contributed by atoms with van der Waals surface area (Å²) in [7, 11) is 0. The molecule has 0 bridgehead atoms. The van der Waals surface area contributed by atoms with Gasteiger partial charge < -0.3 is 0 Å². The Balaban J connectivity index is 3.63. The molecule has 0 aliphatic heterocycles. The monoisotopic (exact) mass is 236 g/mol. The van der Waals surface area contributed by atoms with Gasteiger partial charge in [0.15, 0.2) is 0 Å². The van der Waals surface area contributed by atoms with Crippen LogP contribution in [0.5, 0.6) is 0 Å². The van der Waals surface area contributed by atoms with Crippen LogP contribution in [0.25, 0.3) is 0 Å². The molecule has 0 amide bonds. The molecule has 0 radical (unpaired) electrons. The van der Waals surface area contributed by atoms with Crippen molar-refractivity contribution >= 4 is 40.9 Å². The van der Waals surface area contributed by atoms with Crippen LogP contribution in [0.3, 0.4) is 0 Å². The summed E-state index contributed by atoms with van der Waals surface area (Å²) < 4.78 is -0.142. The van der Waals surface area contributed by atoms with Crippen molar-refractivity contribution in [1.82, 2.24) is 0 Å². The van der Waals surface area contributed by atoms with Gasteiger partial charge in [-0.25, -0.2) is 0 Å². The molecule has 0 fully saturated rings. The Morgan fingerprint density at radius 2 is 1.91 bits per heavy atom. The Bertz CT molecular complexity index is 193. The van der Waals surface area contributed by atoms with Crippen LogP contribution < -0.4 is 0 Å². The molecule has 0 spiro atoms. The van der Waals surface area contributed by atoms with E-state index in [1.54, 1.807) is 0 Å². The van der Waals surface area contributed by atoms with E-state index >= 15 is 0 Å². The minimum atomic E-state index is -0.900. The van der Waals surface area contributed by atoms with Gasteiger partial charge in [0, 0.05) is 0 Å². The summed E-state index contributed by atoms with van der Waals surface area (Å²) in [6.45, 7) is 0. The van der Waals surface area contributed by atoms with Crippen molar-refractivity contribution in [3.63, 3.8) is 0 Å². The summed E-state index contributed by atoms with van der Waals surface area (Å²) >= 11 is 10.2. The standard InChI is InChI=1S/C4H4O4S2.Fe/c5-3(1-9)7-8-4(6)2-10;/h9-10H,1H2;. The second kappa shape index (κ2) is 5.65. The molecule has 0 saturated carbocycles. The molecule has 7 heteroatoms. The SMILES string of the molecule is O=C(CS)OOC(=O)[C](S)=[Fe]. The van der Waals surface area contributed by atoms with Crippen LogP contribution in [0.2, 0.25) is 0 Å². The third-order valence-electron chi connectivity index (χ3n) is 0.503. The van der Waals surface area contributed by atoms with Crippen LogP contribution in [-0.2, 0) is 34.9 Å². The summed E-state index contributed by atoms with van der Waals surface area (Å²) in [5.41, 5.74) is 0. The molecule has 4 nitrogen and oxygen atoms in total. The van der Waals surface area contributed by atoms with Gasteiger partial charge in [0.1, 0.15) is 0 Å². The maximum atomic E-state index is 10.5. The average Bonchev–Trinajstić information content (AvgIpc) is 1.99. The van der Waals surface area contributed by atoms with E-state index in [0.717, 1.165) is 0 Å². The van der Waals surface area contributed by atoms with E-state index in [-0.39, 0.29) is 9.50 Å². The number of hydrogen-bond acceptors (Lipinski definition) is 6. The zero-order valence-electron chi connectivity index (χ0n) is 5.09. The van der Waals surface area contributed by atoms with Gasteiger partial charge in [0.2, 0.25) is 0 Å². The molecule has 0 saturated heterocycles. The van der Waals surface area contributed by atoms with Gasteiger partial charge in [-0.2, -0.15) is 0 Å². The molecule has 0 aliphatic rings. The molecule has 0 rings (SSSR count). The zero-order chi connectivity index (χ0) is 8.85. The fourth-order valence-corrected chi connectivity index (χ4v) is 0.280. The number of carbonyl (C=O) groups excluding carboxylic acids is 2. The molecule has 11 heavy (non-hydrogen) atoms. The van der Waals surface area contributed by atoms with E-state index in [2.05, 4.69) is 50.6 Å². The summed E-state index contributed by atoms with van der Waals surface area (Å²) in [4.78, 5) is 28.7. The molecule has 0 aromatic rings. The molecule has 64 valence electrons. The van der Waals surface area contributed by atoms with Gasteiger partial charge in [-0.15, -0.1) is 0 Å². The molecule has 0 atom stereocenters. The second-order valence-corrected chi connectivity index (χ2v) is 2.98. The zero-order valence-corrected chi connectivity index (χ0v) is 7.98. The van der Waals surface area contributed by atoms with Gasteiger partial charge in [0.25, 0.3) is 0 Å². The van der Waals surface area contributed by atoms with E-state index in [4.69, 9.17) is 0 Å². The maximum absolute atomic E-state index is 10.5. The Labute approximate surface area is 81.7 Å². The normalized spacial score (nSPS) is 8.64. The van der Waals surface area contributed by atoms with Crippen molar-refractivity contribution < 1.29 is 34.9 Å².